The number of nitrogens with two attached hydrogens (primary N) is 1. The highest BCUT2D eigenvalue weighted by molar-refractivity contribution is 9.10. The minimum atomic E-state index is 0.802. The molecule has 13 heavy (non-hydrogen) atoms. The molecule has 0 aliphatic carbocycles. The minimum Gasteiger partial charge on any atom is -0.399 e. The summed E-state index contributed by atoms with van der Waals surface area (Å²) in [6.07, 6.45) is 0. The second-order valence-corrected chi connectivity index (χ2v) is 4.49. The van der Waals surface area contributed by atoms with E-state index in [2.05, 4.69) is 27.4 Å². The van der Waals surface area contributed by atoms with E-state index in [9.17, 15) is 0 Å². The molecule has 1 aromatic heterocycles. The Balaban J connectivity index is 2.47. The second-order valence-electron chi connectivity index (χ2n) is 2.72. The smallest absolute Gasteiger partial charge is 0.0484 e. The molecule has 3 heteroatoms. The van der Waals surface area contributed by atoms with Gasteiger partial charge in [0.2, 0.25) is 0 Å². The van der Waals surface area contributed by atoms with E-state index in [-0.39, 0.29) is 0 Å². The van der Waals surface area contributed by atoms with Crippen LogP contribution < -0.4 is 5.73 Å². The lowest BCUT2D eigenvalue weighted by Crippen LogP contribution is -1.82. The second kappa shape index (κ2) is 3.52. The SMILES string of the molecule is Nc1ccc(-c2sccc2Br)cc1. The lowest BCUT2D eigenvalue weighted by Gasteiger charge is -1.98. The number of hydrogen-bond acceptors (Lipinski definition) is 2. The Morgan fingerprint density at radius 1 is 1.08 bits per heavy atom. The van der Waals surface area contributed by atoms with Gasteiger partial charge in [0.15, 0.2) is 0 Å². The average molecular weight is 254 g/mol. The zero-order valence-electron chi connectivity index (χ0n) is 6.83. The van der Waals surface area contributed by atoms with Gasteiger partial charge >= 0.3 is 0 Å². The van der Waals surface area contributed by atoms with Crippen LogP contribution in [0.1, 0.15) is 0 Å². The number of thiophene rings is 1. The molecule has 2 N–H and O–H groups in total. The molecule has 0 aliphatic rings. The highest BCUT2D eigenvalue weighted by atomic mass is 79.9. The van der Waals surface area contributed by atoms with Crippen molar-refractivity contribution in [3.05, 3.63) is 40.2 Å². The molecule has 2 rings (SSSR count). The van der Waals surface area contributed by atoms with Crippen molar-refractivity contribution in [2.45, 2.75) is 0 Å². The van der Waals surface area contributed by atoms with Gasteiger partial charge in [-0.2, -0.15) is 0 Å². The van der Waals surface area contributed by atoms with Gasteiger partial charge in [0.1, 0.15) is 0 Å². The molecule has 2 aromatic rings. The van der Waals surface area contributed by atoms with E-state index in [4.69, 9.17) is 5.73 Å². The first-order valence-electron chi connectivity index (χ1n) is 3.86. The van der Waals surface area contributed by atoms with Crippen LogP contribution in [-0.4, -0.2) is 0 Å². The van der Waals surface area contributed by atoms with Crippen molar-refractivity contribution in [3.63, 3.8) is 0 Å². The summed E-state index contributed by atoms with van der Waals surface area (Å²) in [7, 11) is 0. The number of hydrogen-bond donors (Lipinski definition) is 1. The van der Waals surface area contributed by atoms with Crippen molar-refractivity contribution in [1.29, 1.82) is 0 Å². The number of halogens is 1. The largest absolute Gasteiger partial charge is 0.399 e. The topological polar surface area (TPSA) is 26.0 Å². The van der Waals surface area contributed by atoms with Crippen molar-refractivity contribution >= 4 is 33.0 Å². The van der Waals surface area contributed by atoms with E-state index < -0.39 is 0 Å². The van der Waals surface area contributed by atoms with E-state index in [1.165, 1.54) is 10.4 Å². The molecule has 0 bridgehead atoms. The molecule has 0 aliphatic heterocycles. The van der Waals surface area contributed by atoms with Crippen LogP contribution in [0.15, 0.2) is 40.2 Å². The molecule has 0 radical (unpaired) electrons. The predicted octanol–water partition coefficient (Wildman–Crippen LogP) is 3.76. The van der Waals surface area contributed by atoms with Crippen LogP contribution in [0, 0.1) is 0 Å². The van der Waals surface area contributed by atoms with Gasteiger partial charge in [0.05, 0.1) is 0 Å². The predicted molar refractivity (Wildman–Crippen MR) is 61.9 cm³/mol. The van der Waals surface area contributed by atoms with E-state index in [1.807, 2.05) is 24.3 Å². The Bertz CT molecular complexity index is 405. The summed E-state index contributed by atoms with van der Waals surface area (Å²) >= 11 is 5.22. The van der Waals surface area contributed by atoms with Gasteiger partial charge in [-0.25, -0.2) is 0 Å². The molecule has 1 aromatic carbocycles. The van der Waals surface area contributed by atoms with E-state index >= 15 is 0 Å². The highest BCUT2D eigenvalue weighted by Crippen LogP contribution is 2.33. The first kappa shape index (κ1) is 8.78. The Morgan fingerprint density at radius 2 is 1.77 bits per heavy atom. The fourth-order valence-electron chi connectivity index (χ4n) is 1.13. The van der Waals surface area contributed by atoms with E-state index in [0.717, 1.165) is 10.2 Å². The molecular weight excluding hydrogens is 246 g/mol. The molecule has 0 saturated carbocycles. The van der Waals surface area contributed by atoms with Gasteiger partial charge in [-0.1, -0.05) is 12.1 Å². The standard InChI is InChI=1S/C10H8BrNS/c11-9-5-6-13-10(9)7-1-3-8(12)4-2-7/h1-6H,12H2. The Hall–Kier alpha value is -0.800. The maximum atomic E-state index is 5.61. The van der Waals surface area contributed by atoms with Crippen LogP contribution in [-0.2, 0) is 0 Å². The molecule has 1 nitrogen and oxygen atoms in total. The first-order chi connectivity index (χ1) is 6.27. The molecule has 0 fully saturated rings. The molecule has 0 atom stereocenters. The maximum Gasteiger partial charge on any atom is 0.0484 e. The third kappa shape index (κ3) is 1.76. The molecule has 0 saturated heterocycles. The normalized spacial score (nSPS) is 10.2. The first-order valence-corrected chi connectivity index (χ1v) is 5.53. The maximum absolute atomic E-state index is 5.61. The summed E-state index contributed by atoms with van der Waals surface area (Å²) in [6.45, 7) is 0. The zero-order chi connectivity index (χ0) is 9.26. The van der Waals surface area contributed by atoms with Crippen molar-refractivity contribution in [1.82, 2.24) is 0 Å². The van der Waals surface area contributed by atoms with E-state index in [1.54, 1.807) is 11.3 Å². The van der Waals surface area contributed by atoms with Crippen LogP contribution >= 0.6 is 27.3 Å². The van der Waals surface area contributed by atoms with Crippen LogP contribution in [0.3, 0.4) is 0 Å². The molecule has 0 spiro atoms. The van der Waals surface area contributed by atoms with Gasteiger partial charge in [0, 0.05) is 15.0 Å². The Kier molecular flexibility index (Phi) is 2.38. The van der Waals surface area contributed by atoms with Gasteiger partial charge in [-0.15, -0.1) is 11.3 Å². The van der Waals surface area contributed by atoms with Crippen molar-refractivity contribution in [2.24, 2.45) is 0 Å². The van der Waals surface area contributed by atoms with Crippen LogP contribution in [0.2, 0.25) is 0 Å². The third-order valence-corrected chi connectivity index (χ3v) is 3.68. The lowest BCUT2D eigenvalue weighted by atomic mass is 10.2. The van der Waals surface area contributed by atoms with Crippen molar-refractivity contribution in [3.8, 4) is 10.4 Å². The Morgan fingerprint density at radius 3 is 2.31 bits per heavy atom. The Labute approximate surface area is 89.3 Å². The summed E-state index contributed by atoms with van der Waals surface area (Å²) in [6, 6.07) is 9.96. The van der Waals surface area contributed by atoms with Crippen LogP contribution in [0.5, 0.6) is 0 Å². The third-order valence-electron chi connectivity index (χ3n) is 1.79. The number of rotatable bonds is 1. The summed E-state index contributed by atoms with van der Waals surface area (Å²) in [4.78, 5) is 1.25. The van der Waals surface area contributed by atoms with Crippen LogP contribution in [0.4, 0.5) is 5.69 Å². The minimum absolute atomic E-state index is 0.802. The number of anilines is 1. The van der Waals surface area contributed by atoms with Gasteiger partial charge < -0.3 is 5.73 Å². The number of benzene rings is 1. The average Bonchev–Trinajstić information content (AvgIpc) is 2.53. The van der Waals surface area contributed by atoms with Gasteiger partial charge in [0.25, 0.3) is 0 Å². The molecular formula is C10H8BrNS. The lowest BCUT2D eigenvalue weighted by molar-refractivity contribution is 1.66. The molecule has 1 heterocycles. The fraction of sp³-hybridized carbons (Fsp3) is 0. The van der Waals surface area contributed by atoms with E-state index in [0.29, 0.717) is 0 Å². The quantitative estimate of drug-likeness (QED) is 0.770. The summed E-state index contributed by atoms with van der Waals surface area (Å²) < 4.78 is 1.14. The summed E-state index contributed by atoms with van der Waals surface area (Å²) in [5.74, 6) is 0. The van der Waals surface area contributed by atoms with Gasteiger partial charge in [-0.05, 0) is 45.1 Å². The summed E-state index contributed by atoms with van der Waals surface area (Å²) in [5, 5.41) is 2.07. The molecule has 66 valence electrons. The monoisotopic (exact) mass is 253 g/mol. The fourth-order valence-corrected chi connectivity index (χ4v) is 2.74. The summed E-state index contributed by atoms with van der Waals surface area (Å²) in [5.41, 5.74) is 7.62. The molecule has 0 unspecified atom stereocenters. The number of nitrogen functional groups attached to an aromatic ring is 1. The van der Waals surface area contributed by atoms with Crippen molar-refractivity contribution < 1.29 is 0 Å². The van der Waals surface area contributed by atoms with Crippen LogP contribution in [0.25, 0.3) is 10.4 Å². The highest BCUT2D eigenvalue weighted by Gasteiger charge is 2.02. The zero-order valence-corrected chi connectivity index (χ0v) is 9.23. The van der Waals surface area contributed by atoms with Gasteiger partial charge in [-0.3, -0.25) is 0 Å². The molecule has 0 amide bonds. The van der Waals surface area contributed by atoms with Crippen molar-refractivity contribution in [2.75, 3.05) is 5.73 Å².